The minimum Gasteiger partial charge on any atom is -0.381 e. The third kappa shape index (κ3) is 7.84. The Hall–Kier alpha value is -1.32. The summed E-state index contributed by atoms with van der Waals surface area (Å²) < 4.78 is 29.4. The van der Waals surface area contributed by atoms with E-state index in [0.717, 1.165) is 25.9 Å². The van der Waals surface area contributed by atoms with Crippen LogP contribution in [0.5, 0.6) is 0 Å². The molecule has 0 aromatic heterocycles. The van der Waals surface area contributed by atoms with Gasteiger partial charge in [-0.25, -0.2) is 0 Å². The lowest BCUT2D eigenvalue weighted by Crippen LogP contribution is -2.52. The van der Waals surface area contributed by atoms with E-state index in [2.05, 4.69) is 32.2 Å². The summed E-state index contributed by atoms with van der Waals surface area (Å²) in [7, 11) is 1.76. The Morgan fingerprint density at radius 2 is 1.86 bits per heavy atom. The fraction of sp³-hybridized carbons (Fsp3) is 0.857. The van der Waals surface area contributed by atoms with Crippen molar-refractivity contribution in [2.45, 2.75) is 96.1 Å². The van der Waals surface area contributed by atoms with Gasteiger partial charge in [0, 0.05) is 45.4 Å². The minimum atomic E-state index is -0.262. The highest BCUT2D eigenvalue weighted by Crippen LogP contribution is 2.60. The number of hydrogen-bond donors (Lipinski definition) is 1. The van der Waals surface area contributed by atoms with Crippen molar-refractivity contribution in [2.75, 3.05) is 46.7 Å². The Balaban J connectivity index is 1.36. The largest absolute Gasteiger partial charge is 0.381 e. The van der Waals surface area contributed by atoms with Gasteiger partial charge in [-0.2, -0.15) is 0 Å². The van der Waals surface area contributed by atoms with E-state index in [9.17, 15) is 9.59 Å². The van der Waals surface area contributed by atoms with Gasteiger partial charge in [-0.15, -0.1) is 0 Å². The summed E-state index contributed by atoms with van der Waals surface area (Å²) >= 11 is 0. The summed E-state index contributed by atoms with van der Waals surface area (Å²) in [6.07, 6.45) is 7.44. The first-order valence-corrected chi connectivity index (χ1v) is 13.7. The molecule has 2 heterocycles. The summed E-state index contributed by atoms with van der Waals surface area (Å²) in [6, 6.07) is 0. The second-order valence-electron chi connectivity index (χ2n) is 10.9. The van der Waals surface area contributed by atoms with Crippen LogP contribution in [0, 0.1) is 11.8 Å². The molecule has 3 rings (SSSR count). The fourth-order valence-corrected chi connectivity index (χ4v) is 5.78. The number of nitrogens with one attached hydrogen (secondary N) is 1. The molecule has 36 heavy (non-hydrogen) atoms. The van der Waals surface area contributed by atoms with Gasteiger partial charge in [0.25, 0.3) is 0 Å². The summed E-state index contributed by atoms with van der Waals surface area (Å²) in [5, 5.41) is 2.76. The highest BCUT2D eigenvalue weighted by atomic mass is 16.6. The molecule has 0 bridgehead atoms. The first-order valence-electron chi connectivity index (χ1n) is 13.7. The molecule has 4 unspecified atom stereocenters. The highest BCUT2D eigenvalue weighted by Gasteiger charge is 2.71. The first-order chi connectivity index (χ1) is 17.3. The molecule has 1 saturated carbocycles. The van der Waals surface area contributed by atoms with Crippen LogP contribution in [0.1, 0.15) is 72.6 Å². The van der Waals surface area contributed by atoms with Crippen LogP contribution in [-0.4, -0.2) is 81.8 Å². The Kier molecular flexibility index (Phi) is 10.9. The van der Waals surface area contributed by atoms with Gasteiger partial charge in [-0.1, -0.05) is 18.6 Å². The molecular weight excluding hydrogens is 462 g/mol. The monoisotopic (exact) mass is 509 g/mol. The molecule has 0 aromatic rings. The van der Waals surface area contributed by atoms with Gasteiger partial charge in [-0.3, -0.25) is 9.59 Å². The summed E-state index contributed by atoms with van der Waals surface area (Å²) in [4.78, 5) is 24.0. The Bertz CT molecular complexity index is 761. The number of allylic oxidation sites excluding steroid dienone is 1. The maximum atomic E-state index is 12.8. The van der Waals surface area contributed by atoms with Crippen LogP contribution in [-0.2, 0) is 33.3 Å². The van der Waals surface area contributed by atoms with Gasteiger partial charge < -0.3 is 29.0 Å². The quantitative estimate of drug-likeness (QED) is 0.182. The maximum absolute atomic E-state index is 12.8. The van der Waals surface area contributed by atoms with Crippen molar-refractivity contribution < 1.29 is 33.3 Å². The van der Waals surface area contributed by atoms with Gasteiger partial charge in [0.05, 0.1) is 44.2 Å². The van der Waals surface area contributed by atoms with Crippen molar-refractivity contribution in [3.05, 3.63) is 11.6 Å². The molecule has 3 fully saturated rings. The van der Waals surface area contributed by atoms with Gasteiger partial charge in [0.15, 0.2) is 0 Å². The number of carbonyl (C=O) groups is 2. The average molecular weight is 510 g/mol. The molecule has 1 amide bonds. The zero-order valence-corrected chi connectivity index (χ0v) is 22.9. The van der Waals surface area contributed by atoms with Gasteiger partial charge >= 0.3 is 0 Å². The lowest BCUT2D eigenvalue weighted by molar-refractivity contribution is -0.126. The van der Waals surface area contributed by atoms with Crippen LogP contribution < -0.4 is 5.32 Å². The van der Waals surface area contributed by atoms with Gasteiger partial charge in [-0.05, 0) is 52.4 Å². The molecular formula is C28H47NO7. The fourth-order valence-electron chi connectivity index (χ4n) is 5.78. The Morgan fingerprint density at radius 3 is 2.50 bits per heavy atom. The molecule has 2 saturated heterocycles. The molecule has 8 nitrogen and oxygen atoms in total. The Morgan fingerprint density at radius 1 is 1.14 bits per heavy atom. The van der Waals surface area contributed by atoms with E-state index in [1.54, 1.807) is 7.11 Å². The SMILES string of the molecule is CCC(=O)NCCOCCOCCCC(=O)CC1CC[C@]2(CO2)C(C2(C)O[C@@H]2CC=C(C)C)C1OC. The molecule has 8 heteroatoms. The van der Waals surface area contributed by atoms with E-state index in [1.807, 2.05) is 6.92 Å². The maximum Gasteiger partial charge on any atom is 0.219 e. The topological polar surface area (TPSA) is 98.9 Å². The predicted octanol–water partition coefficient (Wildman–Crippen LogP) is 3.61. The van der Waals surface area contributed by atoms with E-state index >= 15 is 0 Å². The number of ether oxygens (including phenoxy) is 5. The smallest absolute Gasteiger partial charge is 0.219 e. The van der Waals surface area contributed by atoms with E-state index < -0.39 is 0 Å². The van der Waals surface area contributed by atoms with Crippen LogP contribution in [0.25, 0.3) is 0 Å². The number of amides is 1. The van der Waals surface area contributed by atoms with E-state index in [-0.39, 0.29) is 46.9 Å². The summed E-state index contributed by atoms with van der Waals surface area (Å²) in [5.74, 6) is 0.632. The van der Waals surface area contributed by atoms with E-state index in [0.29, 0.717) is 58.7 Å². The van der Waals surface area contributed by atoms with Gasteiger partial charge in [0.2, 0.25) is 5.91 Å². The van der Waals surface area contributed by atoms with Crippen molar-refractivity contribution in [3.8, 4) is 0 Å². The molecule has 2 aliphatic heterocycles. The second-order valence-corrected chi connectivity index (χ2v) is 10.9. The van der Waals surface area contributed by atoms with E-state index in [1.165, 1.54) is 5.57 Å². The summed E-state index contributed by atoms with van der Waals surface area (Å²) in [5.41, 5.74) is 0.892. The second kappa shape index (κ2) is 13.5. The number of carbonyl (C=O) groups excluding carboxylic acids is 2. The molecule has 0 radical (unpaired) electrons. The lowest BCUT2D eigenvalue weighted by atomic mass is 9.64. The third-order valence-corrected chi connectivity index (χ3v) is 7.92. The molecule has 1 aliphatic carbocycles. The number of epoxide rings is 2. The first kappa shape index (κ1) is 29.2. The standard InChI is InChI=1S/C28H47NO7/c1-6-24(31)29-13-15-34-17-16-33-14-7-8-22(30)18-21-11-12-28(19-35-28)26(25(21)32-5)27(4)23(36-27)10-9-20(2)3/h9,21,23,25-26H,6-8,10-19H2,1-5H3,(H,29,31)/t21?,23-,25?,26?,27?,28+/m1/s1. The van der Waals surface area contributed by atoms with Crippen molar-refractivity contribution in [1.82, 2.24) is 5.32 Å². The molecule has 3 aliphatic rings. The highest BCUT2D eigenvalue weighted by molar-refractivity contribution is 5.78. The molecule has 6 atom stereocenters. The minimum absolute atomic E-state index is 0.0270. The zero-order chi connectivity index (χ0) is 26.2. The van der Waals surface area contributed by atoms with Crippen LogP contribution >= 0.6 is 0 Å². The van der Waals surface area contributed by atoms with Gasteiger partial charge in [0.1, 0.15) is 11.4 Å². The van der Waals surface area contributed by atoms with Crippen LogP contribution in [0.3, 0.4) is 0 Å². The van der Waals surface area contributed by atoms with Crippen molar-refractivity contribution in [3.63, 3.8) is 0 Å². The third-order valence-electron chi connectivity index (χ3n) is 7.92. The average Bonchev–Trinajstić information content (AvgIpc) is 3.76. The predicted molar refractivity (Wildman–Crippen MR) is 137 cm³/mol. The van der Waals surface area contributed by atoms with Crippen LogP contribution in [0.2, 0.25) is 0 Å². The summed E-state index contributed by atoms with van der Waals surface area (Å²) in [6.45, 7) is 11.5. The van der Waals surface area contributed by atoms with Crippen molar-refractivity contribution in [1.29, 1.82) is 0 Å². The van der Waals surface area contributed by atoms with Crippen LogP contribution in [0.15, 0.2) is 11.6 Å². The van der Waals surface area contributed by atoms with Crippen molar-refractivity contribution >= 4 is 11.7 Å². The number of rotatable bonds is 17. The number of hydrogen-bond acceptors (Lipinski definition) is 7. The molecule has 1 spiro atoms. The zero-order valence-electron chi connectivity index (χ0n) is 22.9. The van der Waals surface area contributed by atoms with Crippen LogP contribution in [0.4, 0.5) is 0 Å². The molecule has 1 N–H and O–H groups in total. The molecule has 0 aromatic carbocycles. The lowest BCUT2D eigenvalue weighted by Gasteiger charge is -2.43. The number of ketones is 1. The van der Waals surface area contributed by atoms with Crippen molar-refractivity contribution in [2.24, 2.45) is 11.8 Å². The number of methoxy groups -OCH3 is 1. The Labute approximate surface area is 216 Å². The molecule has 206 valence electrons. The normalized spacial score (nSPS) is 32.8. The number of Topliss-reactive ketones (excluding diaryl/α,β-unsaturated/α-hetero) is 1. The van der Waals surface area contributed by atoms with E-state index in [4.69, 9.17) is 23.7 Å².